The Morgan fingerprint density at radius 1 is 1.17 bits per heavy atom. The van der Waals surface area contributed by atoms with Crippen molar-refractivity contribution in [1.29, 1.82) is 0 Å². The van der Waals surface area contributed by atoms with Gasteiger partial charge in [0.05, 0.1) is 16.8 Å². The molecular formula is C17H17N5S. The van der Waals surface area contributed by atoms with Gasteiger partial charge in [0, 0.05) is 11.1 Å². The number of anilines is 1. The molecular weight excluding hydrogens is 306 g/mol. The van der Waals surface area contributed by atoms with Crippen molar-refractivity contribution in [3.8, 4) is 0 Å². The Bertz CT molecular complexity index is 869. The predicted octanol–water partition coefficient (Wildman–Crippen LogP) is 3.80. The maximum absolute atomic E-state index is 4.46. The van der Waals surface area contributed by atoms with E-state index in [1.165, 1.54) is 23.3 Å². The Kier molecular flexibility index (Phi) is 3.75. The summed E-state index contributed by atoms with van der Waals surface area (Å²) in [5, 5.41) is 5.61. The van der Waals surface area contributed by atoms with Crippen molar-refractivity contribution in [1.82, 2.24) is 15.0 Å². The molecule has 116 valence electrons. The molecule has 0 aromatic carbocycles. The molecule has 3 aromatic rings. The quantitative estimate of drug-likeness (QED) is 0.588. The van der Waals surface area contributed by atoms with Gasteiger partial charge < -0.3 is 0 Å². The summed E-state index contributed by atoms with van der Waals surface area (Å²) in [6.45, 7) is 1.94. The Morgan fingerprint density at radius 2 is 2.09 bits per heavy atom. The molecule has 0 saturated heterocycles. The summed E-state index contributed by atoms with van der Waals surface area (Å²) in [6, 6.07) is 5.80. The van der Waals surface area contributed by atoms with Crippen LogP contribution < -0.4 is 5.43 Å². The zero-order valence-corrected chi connectivity index (χ0v) is 13.7. The van der Waals surface area contributed by atoms with Crippen LogP contribution in [0.2, 0.25) is 0 Å². The minimum absolute atomic E-state index is 0.796. The summed E-state index contributed by atoms with van der Waals surface area (Å²) >= 11 is 1.79. The van der Waals surface area contributed by atoms with Gasteiger partial charge in [-0.05, 0) is 50.3 Å². The number of rotatable bonds is 3. The first-order valence-corrected chi connectivity index (χ1v) is 8.61. The second-order valence-electron chi connectivity index (χ2n) is 5.64. The van der Waals surface area contributed by atoms with E-state index in [1.54, 1.807) is 23.9 Å². The van der Waals surface area contributed by atoms with Crippen LogP contribution in [0.15, 0.2) is 35.8 Å². The molecule has 0 spiro atoms. The van der Waals surface area contributed by atoms with Crippen molar-refractivity contribution in [2.75, 3.05) is 5.43 Å². The van der Waals surface area contributed by atoms with E-state index in [2.05, 4.69) is 25.5 Å². The average Bonchev–Trinajstić information content (AvgIpc) is 2.99. The van der Waals surface area contributed by atoms with Gasteiger partial charge in [-0.15, -0.1) is 11.3 Å². The Labute approximate surface area is 138 Å². The fourth-order valence-corrected chi connectivity index (χ4v) is 4.17. The molecule has 1 aliphatic rings. The second-order valence-corrected chi connectivity index (χ2v) is 6.72. The van der Waals surface area contributed by atoms with Crippen LogP contribution in [0.4, 0.5) is 5.82 Å². The van der Waals surface area contributed by atoms with Crippen molar-refractivity contribution in [2.45, 2.75) is 32.6 Å². The van der Waals surface area contributed by atoms with E-state index in [4.69, 9.17) is 0 Å². The summed E-state index contributed by atoms with van der Waals surface area (Å²) in [7, 11) is 0. The van der Waals surface area contributed by atoms with Crippen molar-refractivity contribution in [2.24, 2.45) is 5.10 Å². The predicted molar refractivity (Wildman–Crippen MR) is 94.1 cm³/mol. The molecule has 23 heavy (non-hydrogen) atoms. The van der Waals surface area contributed by atoms with Crippen LogP contribution in [0.25, 0.3) is 10.2 Å². The van der Waals surface area contributed by atoms with Crippen LogP contribution in [0.1, 0.15) is 35.9 Å². The van der Waals surface area contributed by atoms with E-state index in [0.717, 1.165) is 40.3 Å². The summed E-state index contributed by atoms with van der Waals surface area (Å²) < 4.78 is 0. The van der Waals surface area contributed by atoms with E-state index in [1.807, 2.05) is 25.1 Å². The molecule has 0 atom stereocenters. The molecule has 0 unspecified atom stereocenters. The van der Waals surface area contributed by atoms with E-state index < -0.39 is 0 Å². The van der Waals surface area contributed by atoms with Crippen molar-refractivity contribution >= 4 is 33.1 Å². The number of aromatic nitrogens is 3. The lowest BCUT2D eigenvalue weighted by Crippen LogP contribution is -2.04. The van der Waals surface area contributed by atoms with Crippen molar-refractivity contribution in [3.05, 3.63) is 46.9 Å². The van der Waals surface area contributed by atoms with Gasteiger partial charge >= 0.3 is 0 Å². The standard InChI is InChI=1S/C17H17N5S/c1-11(13-7-4-5-9-18-13)21-22-16-15-12-6-2-3-8-14(12)23-17(15)20-10-19-16/h4-5,7,9-10H,2-3,6,8H2,1H3,(H,19,20,22)/b21-11+. The molecule has 0 fully saturated rings. The SMILES string of the molecule is C/C(=N\Nc1ncnc2sc3c(c12)CCCC3)c1ccccn1. The van der Waals surface area contributed by atoms with Crippen LogP contribution >= 0.6 is 11.3 Å². The number of aryl methyl sites for hydroxylation is 2. The van der Waals surface area contributed by atoms with Gasteiger partial charge in [-0.1, -0.05) is 6.07 Å². The number of fused-ring (bicyclic) bond motifs is 3. The normalized spacial score (nSPS) is 14.7. The van der Waals surface area contributed by atoms with Gasteiger partial charge in [0.2, 0.25) is 0 Å². The minimum Gasteiger partial charge on any atom is -0.260 e. The number of hydrazone groups is 1. The topological polar surface area (TPSA) is 63.1 Å². The first-order chi connectivity index (χ1) is 11.3. The minimum atomic E-state index is 0.796. The summed E-state index contributed by atoms with van der Waals surface area (Å²) in [5.41, 5.74) is 6.23. The molecule has 1 N–H and O–H groups in total. The van der Waals surface area contributed by atoms with Crippen LogP contribution in [-0.4, -0.2) is 20.7 Å². The third-order valence-electron chi connectivity index (χ3n) is 4.12. The number of nitrogens with zero attached hydrogens (tertiary/aromatic N) is 4. The molecule has 3 heterocycles. The molecule has 1 aliphatic carbocycles. The first kappa shape index (κ1) is 14.3. The molecule has 3 aromatic heterocycles. The Balaban J connectivity index is 1.71. The van der Waals surface area contributed by atoms with Gasteiger partial charge in [0.25, 0.3) is 0 Å². The van der Waals surface area contributed by atoms with E-state index >= 15 is 0 Å². The lowest BCUT2D eigenvalue weighted by Gasteiger charge is -2.11. The summed E-state index contributed by atoms with van der Waals surface area (Å²) in [4.78, 5) is 15.7. The number of nitrogens with one attached hydrogen (secondary N) is 1. The van der Waals surface area contributed by atoms with Crippen LogP contribution in [0, 0.1) is 0 Å². The van der Waals surface area contributed by atoms with Crippen LogP contribution in [-0.2, 0) is 12.8 Å². The highest BCUT2D eigenvalue weighted by Gasteiger charge is 2.19. The fourth-order valence-electron chi connectivity index (χ4n) is 2.95. The van der Waals surface area contributed by atoms with Gasteiger partial charge in [-0.2, -0.15) is 5.10 Å². The highest BCUT2D eigenvalue weighted by atomic mass is 32.1. The van der Waals surface area contributed by atoms with Crippen LogP contribution in [0.5, 0.6) is 0 Å². The van der Waals surface area contributed by atoms with E-state index in [9.17, 15) is 0 Å². The zero-order valence-electron chi connectivity index (χ0n) is 12.9. The second kappa shape index (κ2) is 6.04. The first-order valence-electron chi connectivity index (χ1n) is 7.80. The molecule has 4 rings (SSSR count). The Morgan fingerprint density at radius 3 is 2.96 bits per heavy atom. The van der Waals surface area contributed by atoms with E-state index in [0.29, 0.717) is 0 Å². The van der Waals surface area contributed by atoms with Gasteiger partial charge in [0.1, 0.15) is 11.2 Å². The average molecular weight is 323 g/mol. The maximum atomic E-state index is 4.46. The molecule has 0 amide bonds. The molecule has 0 bridgehead atoms. The molecule has 0 aliphatic heterocycles. The highest BCUT2D eigenvalue weighted by Crippen LogP contribution is 2.38. The van der Waals surface area contributed by atoms with Crippen molar-refractivity contribution < 1.29 is 0 Å². The van der Waals surface area contributed by atoms with E-state index in [-0.39, 0.29) is 0 Å². The molecule has 0 radical (unpaired) electrons. The van der Waals surface area contributed by atoms with Gasteiger partial charge in [-0.25, -0.2) is 9.97 Å². The number of pyridine rings is 1. The summed E-state index contributed by atoms with van der Waals surface area (Å²) in [5.74, 6) is 0.796. The summed E-state index contributed by atoms with van der Waals surface area (Å²) in [6.07, 6.45) is 8.16. The molecule has 0 saturated carbocycles. The Hall–Kier alpha value is -2.34. The largest absolute Gasteiger partial charge is 0.260 e. The van der Waals surface area contributed by atoms with Crippen molar-refractivity contribution in [3.63, 3.8) is 0 Å². The number of thiophene rings is 1. The molecule has 6 heteroatoms. The lowest BCUT2D eigenvalue weighted by atomic mass is 9.97. The number of hydrogen-bond acceptors (Lipinski definition) is 6. The third-order valence-corrected chi connectivity index (χ3v) is 5.32. The van der Waals surface area contributed by atoms with Crippen LogP contribution in [0.3, 0.4) is 0 Å². The highest BCUT2D eigenvalue weighted by molar-refractivity contribution is 7.19. The number of hydrogen-bond donors (Lipinski definition) is 1. The van der Waals surface area contributed by atoms with Gasteiger partial charge in [0.15, 0.2) is 5.82 Å². The smallest absolute Gasteiger partial charge is 0.158 e. The van der Waals surface area contributed by atoms with Gasteiger partial charge in [-0.3, -0.25) is 10.4 Å². The molecule has 5 nitrogen and oxygen atoms in total. The monoisotopic (exact) mass is 323 g/mol. The fraction of sp³-hybridized carbons (Fsp3) is 0.294. The third kappa shape index (κ3) is 2.70. The lowest BCUT2D eigenvalue weighted by molar-refractivity contribution is 0.700. The maximum Gasteiger partial charge on any atom is 0.158 e. The zero-order chi connectivity index (χ0) is 15.6.